The molecule has 0 aliphatic rings. The Hall–Kier alpha value is -1.96. The Morgan fingerprint density at radius 2 is 1.59 bits per heavy atom. The summed E-state index contributed by atoms with van der Waals surface area (Å²) in [5.41, 5.74) is 4.39. The molecule has 2 nitrogen and oxygen atoms in total. The van der Waals surface area contributed by atoms with Crippen molar-refractivity contribution in [2.75, 3.05) is 5.32 Å². The molecule has 0 spiro atoms. The fourth-order valence-corrected chi connectivity index (χ4v) is 1.72. The SMILES string of the molecule is Cc1ccc(NCc2cc(C)ccc2O)cc1. The zero-order valence-electron chi connectivity index (χ0n) is 10.2. The monoisotopic (exact) mass is 227 g/mol. The molecule has 0 saturated carbocycles. The first kappa shape index (κ1) is 11.5. The predicted octanol–water partition coefficient (Wildman–Crippen LogP) is 3.62. The van der Waals surface area contributed by atoms with Crippen LogP contribution in [-0.2, 0) is 6.54 Å². The smallest absolute Gasteiger partial charge is 0.120 e. The third kappa shape index (κ3) is 3.00. The van der Waals surface area contributed by atoms with Crippen molar-refractivity contribution in [3.05, 3.63) is 59.2 Å². The van der Waals surface area contributed by atoms with E-state index < -0.39 is 0 Å². The molecule has 0 radical (unpaired) electrons. The normalized spacial score (nSPS) is 10.2. The van der Waals surface area contributed by atoms with Crippen LogP contribution in [0.2, 0.25) is 0 Å². The number of benzene rings is 2. The molecule has 2 N–H and O–H groups in total. The fourth-order valence-electron chi connectivity index (χ4n) is 1.72. The van der Waals surface area contributed by atoms with E-state index in [0.29, 0.717) is 12.3 Å². The van der Waals surface area contributed by atoms with Gasteiger partial charge >= 0.3 is 0 Å². The molecule has 0 bridgehead atoms. The van der Waals surface area contributed by atoms with Crippen LogP contribution in [0.4, 0.5) is 5.69 Å². The average molecular weight is 227 g/mol. The maximum absolute atomic E-state index is 9.72. The zero-order valence-corrected chi connectivity index (χ0v) is 10.2. The second-order valence-corrected chi connectivity index (χ2v) is 4.35. The van der Waals surface area contributed by atoms with E-state index in [2.05, 4.69) is 24.4 Å². The van der Waals surface area contributed by atoms with Gasteiger partial charge in [-0.05, 0) is 32.0 Å². The topological polar surface area (TPSA) is 32.3 Å². The standard InChI is InChI=1S/C15H17NO/c1-11-3-6-14(7-4-11)16-10-13-9-12(2)5-8-15(13)17/h3-9,16-17H,10H2,1-2H3. The lowest BCUT2D eigenvalue weighted by atomic mass is 10.1. The van der Waals surface area contributed by atoms with E-state index in [1.165, 1.54) is 5.56 Å². The molecule has 0 fully saturated rings. The van der Waals surface area contributed by atoms with Crippen molar-refractivity contribution < 1.29 is 5.11 Å². The molecule has 2 heteroatoms. The predicted molar refractivity (Wildman–Crippen MR) is 71.3 cm³/mol. The van der Waals surface area contributed by atoms with Crippen molar-refractivity contribution in [2.45, 2.75) is 20.4 Å². The summed E-state index contributed by atoms with van der Waals surface area (Å²) in [6.07, 6.45) is 0. The number of aryl methyl sites for hydroxylation is 2. The average Bonchev–Trinajstić information content (AvgIpc) is 2.32. The lowest BCUT2D eigenvalue weighted by Crippen LogP contribution is -1.99. The molecule has 2 aromatic rings. The molecule has 0 aliphatic carbocycles. The summed E-state index contributed by atoms with van der Waals surface area (Å²) in [6.45, 7) is 4.72. The van der Waals surface area contributed by atoms with Gasteiger partial charge in [0.15, 0.2) is 0 Å². The fraction of sp³-hybridized carbons (Fsp3) is 0.200. The van der Waals surface area contributed by atoms with Gasteiger partial charge in [0.1, 0.15) is 5.75 Å². The molecular weight excluding hydrogens is 210 g/mol. The van der Waals surface area contributed by atoms with E-state index in [-0.39, 0.29) is 0 Å². The highest BCUT2D eigenvalue weighted by atomic mass is 16.3. The van der Waals surface area contributed by atoms with E-state index >= 15 is 0 Å². The van der Waals surface area contributed by atoms with Gasteiger partial charge in [0.05, 0.1) is 0 Å². The number of hydrogen-bond acceptors (Lipinski definition) is 2. The number of phenolic OH excluding ortho intramolecular Hbond substituents is 1. The van der Waals surface area contributed by atoms with Crippen LogP contribution in [0.25, 0.3) is 0 Å². The molecule has 0 saturated heterocycles. The van der Waals surface area contributed by atoms with Gasteiger partial charge in [0.2, 0.25) is 0 Å². The van der Waals surface area contributed by atoms with Crippen molar-refractivity contribution in [3.63, 3.8) is 0 Å². The van der Waals surface area contributed by atoms with E-state index in [9.17, 15) is 5.11 Å². The lowest BCUT2D eigenvalue weighted by Gasteiger charge is -2.09. The van der Waals surface area contributed by atoms with E-state index in [4.69, 9.17) is 0 Å². The van der Waals surface area contributed by atoms with Gasteiger partial charge in [-0.3, -0.25) is 0 Å². The highest BCUT2D eigenvalue weighted by Crippen LogP contribution is 2.19. The van der Waals surface area contributed by atoms with Crippen LogP contribution in [0.1, 0.15) is 16.7 Å². The van der Waals surface area contributed by atoms with Crippen molar-refractivity contribution in [3.8, 4) is 5.75 Å². The molecule has 0 aromatic heterocycles. The highest BCUT2D eigenvalue weighted by Gasteiger charge is 2.01. The Morgan fingerprint density at radius 1 is 0.941 bits per heavy atom. The minimum atomic E-state index is 0.343. The van der Waals surface area contributed by atoms with Gasteiger partial charge in [0.25, 0.3) is 0 Å². The summed E-state index contributed by atoms with van der Waals surface area (Å²) in [7, 11) is 0. The van der Waals surface area contributed by atoms with E-state index in [1.807, 2.05) is 31.2 Å². The van der Waals surface area contributed by atoms with Crippen LogP contribution in [-0.4, -0.2) is 5.11 Å². The quantitative estimate of drug-likeness (QED) is 0.839. The number of rotatable bonds is 3. The first-order valence-corrected chi connectivity index (χ1v) is 5.74. The van der Waals surface area contributed by atoms with Crippen LogP contribution in [0.3, 0.4) is 0 Å². The molecule has 2 aromatic carbocycles. The number of hydrogen-bond donors (Lipinski definition) is 2. The van der Waals surface area contributed by atoms with Gasteiger partial charge in [-0.2, -0.15) is 0 Å². The van der Waals surface area contributed by atoms with Gasteiger partial charge in [-0.15, -0.1) is 0 Å². The van der Waals surface area contributed by atoms with E-state index in [1.54, 1.807) is 6.07 Å². The van der Waals surface area contributed by atoms with Gasteiger partial charge in [-0.25, -0.2) is 0 Å². The molecular formula is C15H17NO. The molecule has 0 aliphatic heterocycles. The van der Waals surface area contributed by atoms with Crippen LogP contribution in [0, 0.1) is 13.8 Å². The summed E-state index contributed by atoms with van der Waals surface area (Å²) in [6, 6.07) is 13.9. The minimum Gasteiger partial charge on any atom is -0.508 e. The first-order valence-electron chi connectivity index (χ1n) is 5.74. The third-order valence-electron chi connectivity index (χ3n) is 2.77. The maximum Gasteiger partial charge on any atom is 0.120 e. The van der Waals surface area contributed by atoms with Crippen LogP contribution >= 0.6 is 0 Å². The number of nitrogens with one attached hydrogen (secondary N) is 1. The molecule has 0 amide bonds. The minimum absolute atomic E-state index is 0.343. The summed E-state index contributed by atoms with van der Waals surface area (Å²) >= 11 is 0. The van der Waals surface area contributed by atoms with Crippen LogP contribution in [0.15, 0.2) is 42.5 Å². The Bertz CT molecular complexity index is 503. The summed E-state index contributed by atoms with van der Waals surface area (Å²) in [5.74, 6) is 0.343. The number of phenols is 1. The van der Waals surface area contributed by atoms with Crippen molar-refractivity contribution in [1.82, 2.24) is 0 Å². The second-order valence-electron chi connectivity index (χ2n) is 4.35. The van der Waals surface area contributed by atoms with Crippen molar-refractivity contribution in [2.24, 2.45) is 0 Å². The molecule has 17 heavy (non-hydrogen) atoms. The zero-order chi connectivity index (χ0) is 12.3. The third-order valence-corrected chi connectivity index (χ3v) is 2.77. The molecule has 2 rings (SSSR count). The Balaban J connectivity index is 2.07. The molecule has 0 heterocycles. The Labute approximate surface area is 102 Å². The summed E-state index contributed by atoms with van der Waals surface area (Å²) < 4.78 is 0. The van der Waals surface area contributed by atoms with Crippen LogP contribution < -0.4 is 5.32 Å². The highest BCUT2D eigenvalue weighted by molar-refractivity contribution is 5.46. The second kappa shape index (κ2) is 4.91. The summed E-state index contributed by atoms with van der Waals surface area (Å²) in [5, 5.41) is 13.0. The van der Waals surface area contributed by atoms with Gasteiger partial charge < -0.3 is 10.4 Å². The summed E-state index contributed by atoms with van der Waals surface area (Å²) in [4.78, 5) is 0. The van der Waals surface area contributed by atoms with Gasteiger partial charge in [-0.1, -0.05) is 35.4 Å². The van der Waals surface area contributed by atoms with Crippen molar-refractivity contribution >= 4 is 5.69 Å². The molecule has 0 unspecified atom stereocenters. The van der Waals surface area contributed by atoms with Crippen molar-refractivity contribution in [1.29, 1.82) is 0 Å². The molecule has 88 valence electrons. The first-order chi connectivity index (χ1) is 8.15. The Kier molecular flexibility index (Phi) is 3.33. The molecule has 0 atom stereocenters. The number of aromatic hydroxyl groups is 1. The lowest BCUT2D eigenvalue weighted by molar-refractivity contribution is 0.469. The van der Waals surface area contributed by atoms with Crippen LogP contribution in [0.5, 0.6) is 5.75 Å². The van der Waals surface area contributed by atoms with E-state index in [0.717, 1.165) is 16.8 Å². The largest absolute Gasteiger partial charge is 0.508 e. The van der Waals surface area contributed by atoms with Gasteiger partial charge in [0, 0.05) is 17.8 Å². The Morgan fingerprint density at radius 3 is 2.29 bits per heavy atom. The maximum atomic E-state index is 9.72. The number of anilines is 1.